The summed E-state index contributed by atoms with van der Waals surface area (Å²) in [5, 5.41) is 14.5. The third-order valence-corrected chi connectivity index (χ3v) is 6.76. The molecule has 0 N–H and O–H groups in total. The third-order valence-electron chi connectivity index (χ3n) is 6.76. The molecule has 2 fully saturated rings. The quantitative estimate of drug-likeness (QED) is 0.359. The van der Waals surface area contributed by atoms with Gasteiger partial charge >= 0.3 is 0 Å². The Morgan fingerprint density at radius 3 is 2.26 bits per heavy atom. The first-order valence-corrected chi connectivity index (χ1v) is 11.0. The van der Waals surface area contributed by atoms with Gasteiger partial charge in [0.15, 0.2) is 11.5 Å². The van der Waals surface area contributed by atoms with Gasteiger partial charge in [-0.1, -0.05) is 30.4 Å². The molecule has 2 aromatic carbocycles. The van der Waals surface area contributed by atoms with E-state index in [4.69, 9.17) is 14.2 Å². The van der Waals surface area contributed by atoms with Crippen molar-refractivity contribution in [2.45, 2.75) is 13.0 Å². The number of imide groups is 1. The number of hydrogen-bond donors (Lipinski definition) is 0. The Bertz CT molecular complexity index is 1210. The van der Waals surface area contributed by atoms with E-state index in [9.17, 15) is 14.9 Å². The first-order chi connectivity index (χ1) is 16.5. The molecule has 1 saturated carbocycles. The zero-order valence-corrected chi connectivity index (χ0v) is 18.8. The Balaban J connectivity index is 1.37. The number of methoxy groups -OCH3 is 2. The van der Waals surface area contributed by atoms with Crippen LogP contribution in [0.4, 0.5) is 0 Å². The van der Waals surface area contributed by atoms with Crippen LogP contribution in [0.25, 0.3) is 0 Å². The standard InChI is InChI=1S/C26H23N3O5/c1-32-20-9-15(10-21(33-2)24(20)34-14-19-6-4-3-5-18(19)12-27)13-28-29-25(30)22-16-7-8-17(11-16)23(22)26(29)31/h3-10,13,16-17,22-23H,11,14H2,1-2H3/t16-,17-,22-,23+/m0/s1. The highest BCUT2D eigenvalue weighted by molar-refractivity contribution is 6.06. The normalized spacial score (nSPS) is 24.6. The number of benzene rings is 2. The summed E-state index contributed by atoms with van der Waals surface area (Å²) in [5.74, 6) is 0.369. The maximum atomic E-state index is 12.8. The molecule has 0 spiro atoms. The lowest BCUT2D eigenvalue weighted by Gasteiger charge is -2.16. The second-order valence-electron chi connectivity index (χ2n) is 8.54. The van der Waals surface area contributed by atoms with E-state index >= 15 is 0 Å². The fourth-order valence-electron chi connectivity index (χ4n) is 5.15. The molecule has 2 bridgehead atoms. The molecule has 4 atom stereocenters. The summed E-state index contributed by atoms with van der Waals surface area (Å²) < 4.78 is 16.9. The fraction of sp³-hybridized carbons (Fsp3) is 0.308. The van der Waals surface area contributed by atoms with Gasteiger partial charge in [0, 0.05) is 11.1 Å². The molecule has 34 heavy (non-hydrogen) atoms. The van der Waals surface area contributed by atoms with Crippen molar-refractivity contribution in [2.75, 3.05) is 14.2 Å². The van der Waals surface area contributed by atoms with Crippen molar-refractivity contribution < 1.29 is 23.8 Å². The zero-order chi connectivity index (χ0) is 23.8. The van der Waals surface area contributed by atoms with Crippen LogP contribution in [0, 0.1) is 35.0 Å². The molecule has 2 aromatic rings. The molecular formula is C26H23N3O5. The molecule has 3 aliphatic rings. The molecule has 0 radical (unpaired) electrons. The van der Waals surface area contributed by atoms with Crippen molar-refractivity contribution in [1.29, 1.82) is 5.26 Å². The predicted octanol–water partition coefficient (Wildman–Crippen LogP) is 3.30. The largest absolute Gasteiger partial charge is 0.493 e. The highest BCUT2D eigenvalue weighted by atomic mass is 16.5. The summed E-state index contributed by atoms with van der Waals surface area (Å²) >= 11 is 0. The van der Waals surface area contributed by atoms with Crippen molar-refractivity contribution in [2.24, 2.45) is 28.8 Å². The molecule has 172 valence electrons. The predicted molar refractivity (Wildman–Crippen MR) is 122 cm³/mol. The molecule has 5 rings (SSSR count). The SMILES string of the molecule is COc1cc(C=NN2C(=O)[C@@H]3[C@H](C2=O)[C@H]2C=C[C@H]3C2)cc(OC)c1OCc1ccccc1C#N. The van der Waals surface area contributed by atoms with E-state index in [-0.39, 0.29) is 42.1 Å². The monoisotopic (exact) mass is 457 g/mol. The molecule has 0 unspecified atom stereocenters. The van der Waals surface area contributed by atoms with E-state index in [0.717, 1.165) is 17.0 Å². The number of carbonyl (C=O) groups excluding carboxylic acids is 2. The Morgan fingerprint density at radius 2 is 1.68 bits per heavy atom. The number of nitriles is 1. The lowest BCUT2D eigenvalue weighted by molar-refractivity contribution is -0.140. The molecule has 2 amide bonds. The summed E-state index contributed by atoms with van der Waals surface area (Å²) in [6, 6.07) is 12.7. The van der Waals surface area contributed by atoms with Crippen LogP contribution in [-0.4, -0.2) is 37.3 Å². The van der Waals surface area contributed by atoms with Crippen LogP contribution in [0.3, 0.4) is 0 Å². The van der Waals surface area contributed by atoms with Gasteiger partial charge < -0.3 is 14.2 Å². The number of carbonyl (C=O) groups is 2. The van der Waals surface area contributed by atoms with Gasteiger partial charge in [-0.05, 0) is 36.5 Å². The van der Waals surface area contributed by atoms with Crippen LogP contribution in [0.2, 0.25) is 0 Å². The van der Waals surface area contributed by atoms with E-state index in [1.54, 1.807) is 24.3 Å². The number of nitrogens with zero attached hydrogens (tertiary/aromatic N) is 3. The second kappa shape index (κ2) is 8.67. The Kier molecular flexibility index (Phi) is 5.54. The average Bonchev–Trinajstić information content (AvgIpc) is 3.55. The minimum atomic E-state index is -0.296. The molecule has 1 aliphatic heterocycles. The molecule has 1 heterocycles. The number of ether oxygens (including phenoxy) is 3. The van der Waals surface area contributed by atoms with E-state index in [1.165, 1.54) is 20.4 Å². The summed E-state index contributed by atoms with van der Waals surface area (Å²) in [5.41, 5.74) is 1.84. The van der Waals surface area contributed by atoms with E-state index in [2.05, 4.69) is 11.2 Å². The smallest absolute Gasteiger partial charge is 0.254 e. The fourth-order valence-corrected chi connectivity index (χ4v) is 5.15. The Hall–Kier alpha value is -4.12. The van der Waals surface area contributed by atoms with Crippen LogP contribution in [0.5, 0.6) is 17.2 Å². The number of allylic oxidation sites excluding steroid dienone is 2. The summed E-state index contributed by atoms with van der Waals surface area (Å²) in [7, 11) is 3.01. The van der Waals surface area contributed by atoms with Crippen molar-refractivity contribution in [3.05, 3.63) is 65.2 Å². The van der Waals surface area contributed by atoms with Crippen LogP contribution in [-0.2, 0) is 16.2 Å². The average molecular weight is 457 g/mol. The van der Waals surface area contributed by atoms with Crippen LogP contribution < -0.4 is 14.2 Å². The number of fused-ring (bicyclic) bond motifs is 5. The number of hydrazone groups is 1. The van der Waals surface area contributed by atoms with Crippen molar-refractivity contribution in [3.63, 3.8) is 0 Å². The summed E-state index contributed by atoms with van der Waals surface area (Å²) in [4.78, 5) is 25.7. The van der Waals surface area contributed by atoms with E-state index < -0.39 is 0 Å². The lowest BCUT2D eigenvalue weighted by atomic mass is 9.85. The third kappa shape index (κ3) is 3.50. The van der Waals surface area contributed by atoms with Crippen LogP contribution >= 0.6 is 0 Å². The highest BCUT2D eigenvalue weighted by Gasteiger charge is 2.59. The topological polar surface area (TPSA) is 101 Å². The molecule has 8 heteroatoms. The molecular weight excluding hydrogens is 434 g/mol. The van der Waals surface area contributed by atoms with Gasteiger partial charge in [-0.3, -0.25) is 9.59 Å². The molecule has 0 aromatic heterocycles. The van der Waals surface area contributed by atoms with Gasteiger partial charge in [-0.25, -0.2) is 0 Å². The Morgan fingerprint density at radius 1 is 1.06 bits per heavy atom. The van der Waals surface area contributed by atoms with Crippen molar-refractivity contribution in [3.8, 4) is 23.3 Å². The number of rotatable bonds is 7. The minimum Gasteiger partial charge on any atom is -0.493 e. The van der Waals surface area contributed by atoms with Crippen LogP contribution in [0.1, 0.15) is 23.1 Å². The first kappa shape index (κ1) is 21.7. The maximum Gasteiger partial charge on any atom is 0.254 e. The highest BCUT2D eigenvalue weighted by Crippen LogP contribution is 2.52. The lowest BCUT2D eigenvalue weighted by Crippen LogP contribution is -2.28. The minimum absolute atomic E-state index is 0.134. The second-order valence-corrected chi connectivity index (χ2v) is 8.54. The van der Waals surface area contributed by atoms with Crippen molar-refractivity contribution in [1.82, 2.24) is 5.01 Å². The summed E-state index contributed by atoms with van der Waals surface area (Å²) in [6.07, 6.45) is 6.42. The van der Waals surface area contributed by atoms with E-state index in [0.29, 0.717) is 28.4 Å². The number of hydrogen-bond acceptors (Lipinski definition) is 7. The van der Waals surface area contributed by atoms with Crippen LogP contribution in [0.15, 0.2) is 53.7 Å². The molecule has 1 saturated heterocycles. The van der Waals surface area contributed by atoms with Gasteiger partial charge in [0.2, 0.25) is 5.75 Å². The Labute approximate surface area is 197 Å². The van der Waals surface area contributed by atoms with Gasteiger partial charge in [-0.2, -0.15) is 15.4 Å². The summed E-state index contributed by atoms with van der Waals surface area (Å²) in [6.45, 7) is 0.153. The van der Waals surface area contributed by atoms with Gasteiger partial charge in [0.1, 0.15) is 6.61 Å². The van der Waals surface area contributed by atoms with Crippen molar-refractivity contribution >= 4 is 18.0 Å². The maximum absolute atomic E-state index is 12.8. The number of amides is 2. The van der Waals surface area contributed by atoms with E-state index in [1.807, 2.05) is 24.3 Å². The van der Waals surface area contributed by atoms with Gasteiger partial charge in [0.25, 0.3) is 11.8 Å². The molecule has 2 aliphatic carbocycles. The first-order valence-electron chi connectivity index (χ1n) is 11.0. The zero-order valence-electron chi connectivity index (χ0n) is 18.8. The molecule has 8 nitrogen and oxygen atoms in total. The van der Waals surface area contributed by atoms with Gasteiger partial charge in [0.05, 0.1) is 43.9 Å². The van der Waals surface area contributed by atoms with Gasteiger partial charge in [-0.15, -0.1) is 0 Å².